The molecule has 0 saturated carbocycles. The molecule has 0 aliphatic carbocycles. The third-order valence-electron chi connectivity index (χ3n) is 2.78. The Hall–Kier alpha value is -0.0300. The van der Waals surface area contributed by atoms with Crippen LogP contribution in [0.15, 0.2) is 45.3 Å². The van der Waals surface area contributed by atoms with Gasteiger partial charge < -0.3 is 4.74 Å². The molecule has 20 heavy (non-hydrogen) atoms. The van der Waals surface area contributed by atoms with Crippen LogP contribution in [-0.2, 0) is 0 Å². The standard InChI is InChI=1S/C15H12Br3ClO/c1-2-20-14-6-4-10(17)8-12(14)15(18)11-7-9(16)3-5-13(11)19/h3-8,15H,2H2,1H3. The molecule has 0 saturated heterocycles. The number of hydrogen-bond donors (Lipinski definition) is 0. The van der Waals surface area contributed by atoms with E-state index in [2.05, 4.69) is 47.8 Å². The molecule has 0 amide bonds. The summed E-state index contributed by atoms with van der Waals surface area (Å²) in [4.78, 5) is -0.0356. The van der Waals surface area contributed by atoms with E-state index in [1.807, 2.05) is 43.3 Å². The van der Waals surface area contributed by atoms with Gasteiger partial charge in [0.05, 0.1) is 11.4 Å². The van der Waals surface area contributed by atoms with Gasteiger partial charge in [0.25, 0.3) is 0 Å². The Kier molecular flexibility index (Phi) is 5.96. The first-order valence-electron chi connectivity index (χ1n) is 6.04. The lowest BCUT2D eigenvalue weighted by molar-refractivity contribution is 0.337. The van der Waals surface area contributed by atoms with Crippen molar-refractivity contribution in [2.24, 2.45) is 0 Å². The van der Waals surface area contributed by atoms with Crippen LogP contribution in [0.4, 0.5) is 0 Å². The fourth-order valence-corrected chi connectivity index (χ4v) is 3.73. The fourth-order valence-electron chi connectivity index (χ4n) is 1.88. The number of halogens is 4. The predicted octanol–water partition coefficient (Wildman–Crippen LogP) is 6.75. The van der Waals surface area contributed by atoms with Gasteiger partial charge in [0, 0.05) is 19.5 Å². The Labute approximate surface area is 149 Å². The second-order valence-electron chi connectivity index (χ2n) is 4.14. The van der Waals surface area contributed by atoms with E-state index in [0.29, 0.717) is 6.61 Å². The summed E-state index contributed by atoms with van der Waals surface area (Å²) in [6.07, 6.45) is 0. The van der Waals surface area contributed by atoms with Gasteiger partial charge >= 0.3 is 0 Å². The molecular weight excluding hydrogens is 471 g/mol. The molecule has 1 atom stereocenters. The van der Waals surface area contributed by atoms with Gasteiger partial charge in [0.15, 0.2) is 0 Å². The Morgan fingerprint density at radius 1 is 1.05 bits per heavy atom. The minimum Gasteiger partial charge on any atom is -0.494 e. The molecule has 2 rings (SSSR count). The van der Waals surface area contributed by atoms with Gasteiger partial charge in [-0.05, 0) is 48.9 Å². The summed E-state index contributed by atoms with van der Waals surface area (Å²) in [6, 6.07) is 11.8. The Bertz CT molecular complexity index is 616. The average molecular weight is 483 g/mol. The summed E-state index contributed by atoms with van der Waals surface area (Å²) in [5, 5.41) is 0.720. The van der Waals surface area contributed by atoms with Crippen molar-refractivity contribution in [3.8, 4) is 5.75 Å². The molecule has 2 aromatic carbocycles. The van der Waals surface area contributed by atoms with Crippen molar-refractivity contribution < 1.29 is 4.74 Å². The molecule has 1 nitrogen and oxygen atoms in total. The molecule has 0 aliphatic rings. The van der Waals surface area contributed by atoms with Crippen LogP contribution in [0.2, 0.25) is 5.02 Å². The van der Waals surface area contributed by atoms with Crippen LogP contribution in [0.25, 0.3) is 0 Å². The molecule has 1 unspecified atom stereocenters. The van der Waals surface area contributed by atoms with Gasteiger partial charge in [-0.15, -0.1) is 0 Å². The third kappa shape index (κ3) is 3.79. The van der Waals surface area contributed by atoms with Crippen LogP contribution >= 0.6 is 59.4 Å². The molecular formula is C15H12Br3ClO. The zero-order chi connectivity index (χ0) is 14.7. The number of benzene rings is 2. The van der Waals surface area contributed by atoms with Crippen LogP contribution < -0.4 is 4.74 Å². The molecule has 106 valence electrons. The van der Waals surface area contributed by atoms with Crippen LogP contribution in [0.1, 0.15) is 22.9 Å². The smallest absolute Gasteiger partial charge is 0.124 e. The predicted molar refractivity (Wildman–Crippen MR) is 95.2 cm³/mol. The number of rotatable bonds is 4. The highest BCUT2D eigenvalue weighted by molar-refractivity contribution is 9.11. The highest BCUT2D eigenvalue weighted by Gasteiger charge is 2.18. The molecule has 0 spiro atoms. The molecule has 0 fully saturated rings. The van der Waals surface area contributed by atoms with Gasteiger partial charge in [-0.3, -0.25) is 0 Å². The second kappa shape index (κ2) is 7.30. The topological polar surface area (TPSA) is 9.23 Å². The van der Waals surface area contributed by atoms with Gasteiger partial charge in [0.2, 0.25) is 0 Å². The summed E-state index contributed by atoms with van der Waals surface area (Å²) in [6.45, 7) is 2.60. The van der Waals surface area contributed by atoms with Crippen molar-refractivity contribution in [1.82, 2.24) is 0 Å². The van der Waals surface area contributed by atoms with Crippen LogP contribution in [0, 0.1) is 0 Å². The molecule has 0 radical (unpaired) electrons. The molecule has 0 aromatic heterocycles. The molecule has 0 aliphatic heterocycles. The lowest BCUT2D eigenvalue weighted by Crippen LogP contribution is -2.00. The van der Waals surface area contributed by atoms with Gasteiger partial charge in [-0.1, -0.05) is 59.4 Å². The second-order valence-corrected chi connectivity index (χ2v) is 7.30. The monoisotopic (exact) mass is 480 g/mol. The quantitative estimate of drug-likeness (QED) is 0.438. The van der Waals surface area contributed by atoms with Crippen molar-refractivity contribution in [3.05, 3.63) is 61.5 Å². The lowest BCUT2D eigenvalue weighted by Gasteiger charge is -2.17. The summed E-state index contributed by atoms with van der Waals surface area (Å²) < 4.78 is 7.70. The first-order valence-corrected chi connectivity index (χ1v) is 8.92. The highest BCUT2D eigenvalue weighted by Crippen LogP contribution is 2.41. The molecule has 0 heterocycles. The van der Waals surface area contributed by atoms with Crippen molar-refractivity contribution in [1.29, 1.82) is 0 Å². The Morgan fingerprint density at radius 2 is 1.65 bits per heavy atom. The molecule has 5 heteroatoms. The average Bonchev–Trinajstić information content (AvgIpc) is 2.43. The summed E-state index contributed by atoms with van der Waals surface area (Å²) >= 11 is 17.0. The maximum absolute atomic E-state index is 6.31. The van der Waals surface area contributed by atoms with E-state index in [1.54, 1.807) is 0 Å². The van der Waals surface area contributed by atoms with E-state index in [0.717, 1.165) is 30.8 Å². The Morgan fingerprint density at radius 3 is 2.30 bits per heavy atom. The maximum Gasteiger partial charge on any atom is 0.124 e. The van der Waals surface area contributed by atoms with E-state index >= 15 is 0 Å². The minimum absolute atomic E-state index is 0.0356. The van der Waals surface area contributed by atoms with E-state index in [4.69, 9.17) is 16.3 Å². The Balaban J connectivity index is 2.49. The van der Waals surface area contributed by atoms with Gasteiger partial charge in [-0.25, -0.2) is 0 Å². The first kappa shape index (κ1) is 16.3. The van der Waals surface area contributed by atoms with Gasteiger partial charge in [0.1, 0.15) is 5.75 Å². The van der Waals surface area contributed by atoms with Crippen LogP contribution in [0.3, 0.4) is 0 Å². The highest BCUT2D eigenvalue weighted by atomic mass is 79.9. The van der Waals surface area contributed by atoms with Gasteiger partial charge in [-0.2, -0.15) is 0 Å². The third-order valence-corrected chi connectivity index (χ3v) is 5.09. The first-order chi connectivity index (χ1) is 9.52. The summed E-state index contributed by atoms with van der Waals surface area (Å²) in [7, 11) is 0. The zero-order valence-electron chi connectivity index (χ0n) is 10.7. The van der Waals surface area contributed by atoms with Crippen LogP contribution in [0.5, 0.6) is 5.75 Å². The summed E-state index contributed by atoms with van der Waals surface area (Å²) in [5.74, 6) is 0.855. The van der Waals surface area contributed by atoms with E-state index in [1.165, 1.54) is 0 Å². The van der Waals surface area contributed by atoms with Crippen molar-refractivity contribution in [3.63, 3.8) is 0 Å². The number of hydrogen-bond acceptors (Lipinski definition) is 1. The molecule has 0 N–H and O–H groups in total. The minimum atomic E-state index is -0.0356. The van der Waals surface area contributed by atoms with Crippen molar-refractivity contribution >= 4 is 59.4 Å². The number of ether oxygens (including phenoxy) is 1. The van der Waals surface area contributed by atoms with Crippen molar-refractivity contribution in [2.75, 3.05) is 6.61 Å². The summed E-state index contributed by atoms with van der Waals surface area (Å²) in [5.41, 5.74) is 2.04. The van der Waals surface area contributed by atoms with E-state index in [-0.39, 0.29) is 4.83 Å². The normalized spacial score (nSPS) is 12.2. The van der Waals surface area contributed by atoms with E-state index in [9.17, 15) is 0 Å². The maximum atomic E-state index is 6.31. The largest absolute Gasteiger partial charge is 0.494 e. The SMILES string of the molecule is CCOc1ccc(Br)cc1C(Br)c1cc(Br)ccc1Cl. The van der Waals surface area contributed by atoms with Crippen molar-refractivity contribution in [2.45, 2.75) is 11.8 Å². The zero-order valence-corrected chi connectivity index (χ0v) is 16.2. The number of alkyl halides is 1. The molecule has 2 aromatic rings. The molecule has 0 bridgehead atoms. The van der Waals surface area contributed by atoms with E-state index < -0.39 is 0 Å². The fraction of sp³-hybridized carbons (Fsp3) is 0.200. The lowest BCUT2D eigenvalue weighted by atomic mass is 10.0. The van der Waals surface area contributed by atoms with Crippen LogP contribution in [-0.4, -0.2) is 6.61 Å².